The zero-order chi connectivity index (χ0) is 13.2. The molecule has 1 aliphatic heterocycles. The van der Waals surface area contributed by atoms with Crippen molar-refractivity contribution in [1.82, 2.24) is 15.0 Å². The molecule has 0 radical (unpaired) electrons. The largest absolute Gasteiger partial charge is 0.472 e. The van der Waals surface area contributed by atoms with Crippen molar-refractivity contribution in [3.8, 4) is 11.5 Å². The van der Waals surface area contributed by atoms with Gasteiger partial charge in [-0.15, -0.1) is 0 Å². The van der Waals surface area contributed by atoms with Crippen LogP contribution in [0.5, 0.6) is 0 Å². The van der Waals surface area contributed by atoms with Gasteiger partial charge in [0.1, 0.15) is 6.26 Å². The summed E-state index contributed by atoms with van der Waals surface area (Å²) in [5, 5.41) is 13.6. The van der Waals surface area contributed by atoms with Crippen LogP contribution >= 0.6 is 0 Å². The van der Waals surface area contributed by atoms with Gasteiger partial charge in [-0.2, -0.15) is 4.98 Å². The van der Waals surface area contributed by atoms with Crippen molar-refractivity contribution in [2.45, 2.75) is 26.0 Å². The lowest BCUT2D eigenvalue weighted by molar-refractivity contribution is 0.127. The van der Waals surface area contributed by atoms with Crippen LogP contribution in [-0.2, 0) is 6.54 Å². The highest BCUT2D eigenvalue weighted by Gasteiger charge is 2.26. The molecule has 2 unspecified atom stereocenters. The highest BCUT2D eigenvalue weighted by molar-refractivity contribution is 5.49. The first kappa shape index (κ1) is 12.4. The van der Waals surface area contributed by atoms with E-state index in [9.17, 15) is 5.11 Å². The van der Waals surface area contributed by atoms with Crippen LogP contribution in [0.15, 0.2) is 27.5 Å². The third-order valence-corrected chi connectivity index (χ3v) is 3.59. The van der Waals surface area contributed by atoms with Gasteiger partial charge in [-0.25, -0.2) is 0 Å². The minimum atomic E-state index is -0.253. The fourth-order valence-electron chi connectivity index (χ4n) is 2.42. The molecule has 0 aliphatic carbocycles. The molecule has 1 aliphatic rings. The van der Waals surface area contributed by atoms with E-state index >= 15 is 0 Å². The zero-order valence-electron chi connectivity index (χ0n) is 10.8. The molecule has 0 spiro atoms. The second-order valence-corrected chi connectivity index (χ2v) is 5.05. The van der Waals surface area contributed by atoms with Crippen LogP contribution in [0.3, 0.4) is 0 Å². The van der Waals surface area contributed by atoms with Crippen LogP contribution in [0.25, 0.3) is 11.5 Å². The van der Waals surface area contributed by atoms with Gasteiger partial charge in [-0.1, -0.05) is 5.16 Å². The molecule has 2 aromatic heterocycles. The Bertz CT molecular complexity index is 521. The summed E-state index contributed by atoms with van der Waals surface area (Å²) in [6.45, 7) is 4.35. The molecule has 1 N–H and O–H groups in total. The van der Waals surface area contributed by atoms with Crippen molar-refractivity contribution in [1.29, 1.82) is 0 Å². The Balaban J connectivity index is 1.62. The summed E-state index contributed by atoms with van der Waals surface area (Å²) in [5.74, 6) is 1.50. The van der Waals surface area contributed by atoms with Crippen molar-refractivity contribution in [2.24, 2.45) is 5.92 Å². The number of aliphatic hydroxyl groups is 1. The maximum atomic E-state index is 9.58. The number of furan rings is 1. The van der Waals surface area contributed by atoms with E-state index in [0.29, 0.717) is 24.2 Å². The molecule has 2 aromatic rings. The normalized spacial score (nSPS) is 21.9. The fraction of sp³-hybridized carbons (Fsp3) is 0.538. The molecule has 0 aromatic carbocycles. The van der Waals surface area contributed by atoms with Crippen LogP contribution in [0, 0.1) is 5.92 Å². The van der Waals surface area contributed by atoms with Gasteiger partial charge in [0, 0.05) is 6.54 Å². The molecule has 1 saturated heterocycles. The van der Waals surface area contributed by atoms with Crippen molar-refractivity contribution in [3.63, 3.8) is 0 Å². The van der Waals surface area contributed by atoms with Crippen LogP contribution < -0.4 is 0 Å². The van der Waals surface area contributed by atoms with Gasteiger partial charge in [0.15, 0.2) is 5.82 Å². The first-order valence-electron chi connectivity index (χ1n) is 6.48. The number of aliphatic hydroxyl groups excluding tert-OH is 1. The predicted molar refractivity (Wildman–Crippen MR) is 67.1 cm³/mol. The number of hydrogen-bond donors (Lipinski definition) is 1. The van der Waals surface area contributed by atoms with Crippen molar-refractivity contribution in [2.75, 3.05) is 13.1 Å². The smallest absolute Gasteiger partial charge is 0.261 e. The Morgan fingerprint density at radius 1 is 1.58 bits per heavy atom. The second kappa shape index (κ2) is 5.14. The molecular formula is C13H17N3O3. The van der Waals surface area contributed by atoms with Crippen molar-refractivity contribution >= 4 is 0 Å². The Hall–Kier alpha value is -1.66. The Morgan fingerprint density at radius 3 is 3.16 bits per heavy atom. The topological polar surface area (TPSA) is 75.5 Å². The first-order valence-corrected chi connectivity index (χ1v) is 6.48. The maximum Gasteiger partial charge on any atom is 0.261 e. The predicted octanol–water partition coefficient (Wildman–Crippen LogP) is 1.53. The van der Waals surface area contributed by atoms with E-state index in [0.717, 1.165) is 25.1 Å². The number of hydrogen-bond acceptors (Lipinski definition) is 6. The molecule has 19 heavy (non-hydrogen) atoms. The quantitative estimate of drug-likeness (QED) is 0.901. The van der Waals surface area contributed by atoms with Gasteiger partial charge < -0.3 is 14.0 Å². The molecule has 3 rings (SSSR count). The van der Waals surface area contributed by atoms with Gasteiger partial charge in [-0.05, 0) is 31.9 Å². The highest BCUT2D eigenvalue weighted by atomic mass is 16.5. The van der Waals surface area contributed by atoms with Crippen molar-refractivity contribution in [3.05, 3.63) is 24.4 Å². The molecule has 0 saturated carbocycles. The van der Waals surface area contributed by atoms with E-state index < -0.39 is 0 Å². The summed E-state index contributed by atoms with van der Waals surface area (Å²) in [6, 6.07) is 1.79. The Morgan fingerprint density at radius 2 is 2.47 bits per heavy atom. The summed E-state index contributed by atoms with van der Waals surface area (Å²) in [4.78, 5) is 6.58. The van der Waals surface area contributed by atoms with Gasteiger partial charge in [-0.3, -0.25) is 4.90 Å². The maximum absolute atomic E-state index is 9.58. The minimum Gasteiger partial charge on any atom is -0.472 e. The lowest BCUT2D eigenvalue weighted by Crippen LogP contribution is -2.24. The summed E-state index contributed by atoms with van der Waals surface area (Å²) in [6.07, 6.45) is 3.92. The lowest BCUT2D eigenvalue weighted by atomic mass is 10.0. The van der Waals surface area contributed by atoms with E-state index in [4.69, 9.17) is 8.94 Å². The molecule has 102 valence electrons. The molecule has 0 amide bonds. The minimum absolute atomic E-state index is 0.253. The molecular weight excluding hydrogens is 246 g/mol. The number of likely N-dealkylation sites (tertiary alicyclic amines) is 1. The monoisotopic (exact) mass is 263 g/mol. The standard InChI is InChI=1S/C13H17N3O3/c1-9(17)10-2-4-16(6-10)7-12-14-13(19-15-12)11-3-5-18-8-11/h3,5,8-10,17H,2,4,6-7H2,1H3. The summed E-state index contributed by atoms with van der Waals surface area (Å²) in [5.41, 5.74) is 0.794. The lowest BCUT2D eigenvalue weighted by Gasteiger charge is -2.15. The Kier molecular flexibility index (Phi) is 3.35. The van der Waals surface area contributed by atoms with Gasteiger partial charge >= 0.3 is 0 Å². The van der Waals surface area contributed by atoms with Crippen LogP contribution in [0.1, 0.15) is 19.2 Å². The van der Waals surface area contributed by atoms with E-state index in [1.807, 2.05) is 6.92 Å². The van der Waals surface area contributed by atoms with Gasteiger partial charge in [0.2, 0.25) is 0 Å². The number of aromatic nitrogens is 2. The van der Waals surface area contributed by atoms with Gasteiger partial charge in [0.25, 0.3) is 5.89 Å². The highest BCUT2D eigenvalue weighted by Crippen LogP contribution is 2.22. The molecule has 3 heterocycles. The van der Waals surface area contributed by atoms with E-state index in [-0.39, 0.29) is 6.10 Å². The number of nitrogens with zero attached hydrogens (tertiary/aromatic N) is 3. The summed E-state index contributed by atoms with van der Waals surface area (Å²) < 4.78 is 10.2. The molecule has 6 heteroatoms. The second-order valence-electron chi connectivity index (χ2n) is 5.05. The number of rotatable bonds is 4. The fourth-order valence-corrected chi connectivity index (χ4v) is 2.42. The summed E-state index contributed by atoms with van der Waals surface area (Å²) >= 11 is 0. The van der Waals surface area contributed by atoms with Crippen LogP contribution in [0.2, 0.25) is 0 Å². The molecule has 6 nitrogen and oxygen atoms in total. The third-order valence-electron chi connectivity index (χ3n) is 3.59. The molecule has 1 fully saturated rings. The average Bonchev–Trinajstić information content (AvgIpc) is 3.09. The molecule has 0 bridgehead atoms. The zero-order valence-corrected chi connectivity index (χ0v) is 10.8. The summed E-state index contributed by atoms with van der Waals surface area (Å²) in [7, 11) is 0. The SMILES string of the molecule is CC(O)C1CCN(Cc2noc(-c3ccoc3)n2)C1. The Labute approximate surface area is 111 Å². The first-order chi connectivity index (χ1) is 9.22. The van der Waals surface area contributed by atoms with E-state index in [2.05, 4.69) is 15.0 Å². The van der Waals surface area contributed by atoms with E-state index in [1.165, 1.54) is 0 Å². The average molecular weight is 263 g/mol. The van der Waals surface area contributed by atoms with E-state index in [1.54, 1.807) is 18.6 Å². The molecule has 2 atom stereocenters. The van der Waals surface area contributed by atoms with Crippen molar-refractivity contribution < 1.29 is 14.0 Å². The van der Waals surface area contributed by atoms with Gasteiger partial charge in [0.05, 0.1) is 24.5 Å². The third kappa shape index (κ3) is 2.69. The van der Waals surface area contributed by atoms with Crippen LogP contribution in [-0.4, -0.2) is 39.3 Å². The van der Waals surface area contributed by atoms with Crippen LogP contribution in [0.4, 0.5) is 0 Å².